The summed E-state index contributed by atoms with van der Waals surface area (Å²) in [5.74, 6) is 1.80. The molecule has 0 saturated heterocycles. The summed E-state index contributed by atoms with van der Waals surface area (Å²) in [6, 6.07) is 22.7. The zero-order valence-electron chi connectivity index (χ0n) is 21.1. The van der Waals surface area contributed by atoms with Crippen molar-refractivity contribution in [1.29, 1.82) is 0 Å². The van der Waals surface area contributed by atoms with E-state index in [0.29, 0.717) is 17.9 Å². The molecule has 0 amide bonds. The topological polar surface area (TPSA) is 44.8 Å². The summed E-state index contributed by atoms with van der Waals surface area (Å²) in [7, 11) is 0. The molecule has 3 aromatic carbocycles. The number of carbonyl (C=O) groups is 1. The summed E-state index contributed by atoms with van der Waals surface area (Å²) in [5.41, 5.74) is 2.63. The van der Waals surface area contributed by atoms with Crippen LogP contribution in [0.25, 0.3) is 11.1 Å². The van der Waals surface area contributed by atoms with E-state index in [9.17, 15) is 4.79 Å². The quantitative estimate of drug-likeness (QED) is 0.126. The van der Waals surface area contributed by atoms with Gasteiger partial charge >= 0.3 is 5.97 Å². The van der Waals surface area contributed by atoms with Crippen molar-refractivity contribution in [1.82, 2.24) is 0 Å². The standard InChI is InChI=1S/C31H38O4/c1-3-5-7-9-23-33-28-17-15-26(16-18-28)25-11-13-27(14-12-25)31(32)35-30-21-19-29(20-22-30)34-24-10-8-6-4-2/h11-22H,3-10,23-24H2,1-2H3. The molecule has 0 N–H and O–H groups in total. The van der Waals surface area contributed by atoms with Crippen molar-refractivity contribution in [2.75, 3.05) is 13.2 Å². The van der Waals surface area contributed by atoms with E-state index in [1.165, 1.54) is 38.5 Å². The molecular formula is C31H38O4. The van der Waals surface area contributed by atoms with Crippen molar-refractivity contribution in [3.05, 3.63) is 78.4 Å². The molecule has 4 nitrogen and oxygen atoms in total. The van der Waals surface area contributed by atoms with Gasteiger partial charge in [-0.25, -0.2) is 4.79 Å². The van der Waals surface area contributed by atoms with Crippen LogP contribution in [0.1, 0.15) is 75.6 Å². The molecule has 0 bridgehead atoms. The van der Waals surface area contributed by atoms with Crippen LogP contribution in [0.15, 0.2) is 72.8 Å². The van der Waals surface area contributed by atoms with E-state index in [-0.39, 0.29) is 5.97 Å². The van der Waals surface area contributed by atoms with Crippen molar-refractivity contribution in [3.63, 3.8) is 0 Å². The highest BCUT2D eigenvalue weighted by Gasteiger charge is 2.09. The number of esters is 1. The first-order valence-electron chi connectivity index (χ1n) is 13.0. The second-order valence-electron chi connectivity index (χ2n) is 8.78. The largest absolute Gasteiger partial charge is 0.494 e. The Hall–Kier alpha value is -3.27. The van der Waals surface area contributed by atoms with Gasteiger partial charge in [0.1, 0.15) is 17.2 Å². The maximum absolute atomic E-state index is 12.6. The predicted molar refractivity (Wildman–Crippen MR) is 143 cm³/mol. The van der Waals surface area contributed by atoms with Crippen LogP contribution in [0.5, 0.6) is 17.2 Å². The number of hydrogen-bond donors (Lipinski definition) is 0. The Labute approximate surface area is 210 Å². The number of rotatable bonds is 15. The first kappa shape index (κ1) is 26.3. The van der Waals surface area contributed by atoms with Gasteiger partial charge in [0.25, 0.3) is 0 Å². The van der Waals surface area contributed by atoms with Gasteiger partial charge in [-0.2, -0.15) is 0 Å². The number of hydrogen-bond acceptors (Lipinski definition) is 4. The highest BCUT2D eigenvalue weighted by Crippen LogP contribution is 2.24. The van der Waals surface area contributed by atoms with Gasteiger partial charge in [0.05, 0.1) is 18.8 Å². The predicted octanol–water partition coefficient (Wildman–Crippen LogP) is 8.49. The third-order valence-electron chi connectivity index (χ3n) is 5.88. The van der Waals surface area contributed by atoms with E-state index in [2.05, 4.69) is 13.8 Å². The Bertz CT molecular complexity index is 992. The minimum Gasteiger partial charge on any atom is -0.494 e. The van der Waals surface area contributed by atoms with Crippen LogP contribution in [-0.4, -0.2) is 19.2 Å². The molecule has 0 saturated carbocycles. The first-order chi connectivity index (χ1) is 17.2. The van der Waals surface area contributed by atoms with Crippen LogP contribution in [0, 0.1) is 0 Å². The molecule has 186 valence electrons. The third kappa shape index (κ3) is 9.12. The van der Waals surface area contributed by atoms with Gasteiger partial charge in [-0.1, -0.05) is 76.6 Å². The fourth-order valence-corrected chi connectivity index (χ4v) is 3.75. The zero-order chi connectivity index (χ0) is 24.7. The minimum atomic E-state index is -0.378. The monoisotopic (exact) mass is 474 g/mol. The van der Waals surface area contributed by atoms with Gasteiger partial charge in [-0.05, 0) is 72.5 Å². The van der Waals surface area contributed by atoms with E-state index in [0.717, 1.165) is 42.1 Å². The smallest absolute Gasteiger partial charge is 0.343 e. The molecule has 0 heterocycles. The summed E-state index contributed by atoms with van der Waals surface area (Å²) in [5, 5.41) is 0. The molecule has 35 heavy (non-hydrogen) atoms. The average Bonchev–Trinajstić information content (AvgIpc) is 2.90. The lowest BCUT2D eigenvalue weighted by molar-refractivity contribution is 0.0734. The third-order valence-corrected chi connectivity index (χ3v) is 5.88. The molecule has 3 rings (SSSR count). The van der Waals surface area contributed by atoms with Gasteiger partial charge in [0.2, 0.25) is 0 Å². The second kappa shape index (κ2) is 14.9. The fourth-order valence-electron chi connectivity index (χ4n) is 3.75. The number of carbonyl (C=O) groups excluding carboxylic acids is 1. The van der Waals surface area contributed by atoms with Gasteiger partial charge in [0.15, 0.2) is 0 Å². The van der Waals surface area contributed by atoms with Crippen molar-refractivity contribution in [2.24, 2.45) is 0 Å². The molecular weight excluding hydrogens is 436 g/mol. The normalized spacial score (nSPS) is 10.7. The number of unbranched alkanes of at least 4 members (excludes halogenated alkanes) is 6. The lowest BCUT2D eigenvalue weighted by Crippen LogP contribution is -2.08. The van der Waals surface area contributed by atoms with Gasteiger partial charge in [-0.3, -0.25) is 0 Å². The molecule has 4 heteroatoms. The minimum absolute atomic E-state index is 0.378. The van der Waals surface area contributed by atoms with E-state index < -0.39 is 0 Å². The Morgan fingerprint density at radius 1 is 0.543 bits per heavy atom. The maximum Gasteiger partial charge on any atom is 0.343 e. The van der Waals surface area contributed by atoms with Crippen LogP contribution in [0.2, 0.25) is 0 Å². The highest BCUT2D eigenvalue weighted by molar-refractivity contribution is 5.91. The van der Waals surface area contributed by atoms with Crippen LogP contribution in [0.3, 0.4) is 0 Å². The van der Waals surface area contributed by atoms with Crippen LogP contribution < -0.4 is 14.2 Å². The molecule has 0 aliphatic rings. The molecule has 0 fully saturated rings. The Balaban J connectivity index is 1.47. The fraction of sp³-hybridized carbons (Fsp3) is 0.387. The van der Waals surface area contributed by atoms with E-state index in [1.54, 1.807) is 24.3 Å². The second-order valence-corrected chi connectivity index (χ2v) is 8.78. The van der Waals surface area contributed by atoms with Crippen LogP contribution in [0.4, 0.5) is 0 Å². The van der Waals surface area contributed by atoms with Crippen molar-refractivity contribution in [2.45, 2.75) is 65.2 Å². The van der Waals surface area contributed by atoms with Crippen LogP contribution >= 0.6 is 0 Å². The Kier molecular flexibility index (Phi) is 11.2. The number of ether oxygens (including phenoxy) is 3. The Morgan fingerprint density at radius 3 is 1.46 bits per heavy atom. The van der Waals surface area contributed by atoms with Gasteiger partial charge < -0.3 is 14.2 Å². The SMILES string of the molecule is CCCCCCOc1ccc(OC(=O)c2ccc(-c3ccc(OCCCCCC)cc3)cc2)cc1. The lowest BCUT2D eigenvalue weighted by Gasteiger charge is -2.09. The molecule has 0 aromatic heterocycles. The summed E-state index contributed by atoms with van der Waals surface area (Å²) in [6.07, 6.45) is 9.47. The summed E-state index contributed by atoms with van der Waals surface area (Å²) in [6.45, 7) is 5.87. The van der Waals surface area contributed by atoms with E-state index >= 15 is 0 Å². The molecule has 0 spiro atoms. The molecule has 0 aliphatic heterocycles. The summed E-state index contributed by atoms with van der Waals surface area (Å²) in [4.78, 5) is 12.6. The lowest BCUT2D eigenvalue weighted by atomic mass is 10.0. The van der Waals surface area contributed by atoms with E-state index in [1.807, 2.05) is 48.5 Å². The van der Waals surface area contributed by atoms with Gasteiger partial charge in [-0.15, -0.1) is 0 Å². The van der Waals surface area contributed by atoms with Crippen molar-refractivity contribution >= 4 is 5.97 Å². The summed E-state index contributed by atoms with van der Waals surface area (Å²) >= 11 is 0. The van der Waals surface area contributed by atoms with Crippen LogP contribution in [-0.2, 0) is 0 Å². The molecule has 0 aliphatic carbocycles. The molecule has 0 unspecified atom stereocenters. The highest BCUT2D eigenvalue weighted by atomic mass is 16.5. The first-order valence-corrected chi connectivity index (χ1v) is 13.0. The van der Waals surface area contributed by atoms with Gasteiger partial charge in [0, 0.05) is 0 Å². The Morgan fingerprint density at radius 2 is 0.971 bits per heavy atom. The summed E-state index contributed by atoms with van der Waals surface area (Å²) < 4.78 is 17.1. The van der Waals surface area contributed by atoms with E-state index in [4.69, 9.17) is 14.2 Å². The average molecular weight is 475 g/mol. The van der Waals surface area contributed by atoms with Crippen molar-refractivity contribution < 1.29 is 19.0 Å². The molecule has 0 atom stereocenters. The number of benzene rings is 3. The zero-order valence-corrected chi connectivity index (χ0v) is 21.1. The maximum atomic E-state index is 12.6. The molecule has 3 aromatic rings. The van der Waals surface area contributed by atoms with Crippen molar-refractivity contribution in [3.8, 4) is 28.4 Å². The molecule has 0 radical (unpaired) electrons.